The van der Waals surface area contributed by atoms with Gasteiger partial charge in [0, 0.05) is 11.0 Å². The van der Waals surface area contributed by atoms with E-state index in [1.807, 2.05) is 0 Å². The quantitative estimate of drug-likeness (QED) is 0.524. The van der Waals surface area contributed by atoms with Gasteiger partial charge in [0.1, 0.15) is 0 Å². The highest BCUT2D eigenvalue weighted by Crippen LogP contribution is 2.31. The Morgan fingerprint density at radius 3 is 2.05 bits per heavy atom. The maximum atomic E-state index is 10.9. The zero-order chi connectivity index (χ0) is 16.2. The smallest absolute Gasteiger partial charge is 0.295 e. The minimum Gasteiger partial charge on any atom is -0.299 e. The summed E-state index contributed by atoms with van der Waals surface area (Å²) in [6.45, 7) is -1.11. The van der Waals surface area contributed by atoms with Gasteiger partial charge in [0.2, 0.25) is 12.6 Å². The van der Waals surface area contributed by atoms with Crippen molar-refractivity contribution in [3.8, 4) is 0 Å². The molecule has 1 unspecified atom stereocenters. The molecule has 0 aromatic heterocycles. The van der Waals surface area contributed by atoms with Crippen molar-refractivity contribution in [1.29, 1.82) is 0 Å². The third-order valence-corrected chi connectivity index (χ3v) is 2.30. The van der Waals surface area contributed by atoms with E-state index in [-0.39, 0.29) is 0 Å². The van der Waals surface area contributed by atoms with Crippen LogP contribution in [-0.4, -0.2) is 26.4 Å². The molecule has 0 aliphatic heterocycles. The second kappa shape index (κ2) is 6.18. The van der Waals surface area contributed by atoms with E-state index >= 15 is 0 Å². The Bertz CT molecular complexity index is 600. The number of benzene rings is 1. The molecule has 0 saturated heterocycles. The summed E-state index contributed by atoms with van der Waals surface area (Å²) in [4.78, 5) is 43.3. The highest BCUT2D eigenvalue weighted by atomic mass is 17.0. The molecule has 0 heterocycles. The highest BCUT2D eigenvalue weighted by molar-refractivity contribution is 5.50. The van der Waals surface area contributed by atoms with Gasteiger partial charge < -0.3 is 0 Å². The van der Waals surface area contributed by atoms with Crippen LogP contribution in [0.5, 0.6) is 0 Å². The molecule has 0 spiro atoms. The average Bonchev–Trinajstić information content (AvgIpc) is 2.35. The first-order valence-corrected chi connectivity index (χ1v) is 5.08. The van der Waals surface area contributed by atoms with Crippen molar-refractivity contribution < 1.29 is 24.7 Å². The Labute approximate surface area is 114 Å². The van der Waals surface area contributed by atoms with Gasteiger partial charge in [-0.1, -0.05) is 0 Å². The Morgan fingerprint density at radius 1 is 1.00 bits per heavy atom. The lowest BCUT2D eigenvalue weighted by atomic mass is 10.1. The van der Waals surface area contributed by atoms with Gasteiger partial charge in [-0.05, 0) is 6.07 Å². The van der Waals surface area contributed by atoms with E-state index in [0.29, 0.717) is 6.07 Å². The van der Waals surface area contributed by atoms with E-state index in [9.17, 15) is 40.5 Å². The molecule has 1 atom stereocenters. The van der Waals surface area contributed by atoms with Crippen molar-refractivity contribution >= 4 is 11.4 Å². The molecule has 0 aliphatic rings. The number of rotatable bonds is 7. The topological polar surface area (TPSA) is 182 Å². The van der Waals surface area contributed by atoms with Crippen molar-refractivity contribution in [2.24, 2.45) is 0 Å². The lowest BCUT2D eigenvalue weighted by Gasteiger charge is -2.11. The molecule has 0 saturated carbocycles. The zero-order valence-electron chi connectivity index (χ0n) is 9.98. The second-order valence-corrected chi connectivity index (χ2v) is 3.59. The normalized spacial score (nSPS) is 11.4. The van der Waals surface area contributed by atoms with Crippen LogP contribution in [0.2, 0.25) is 0 Å². The Balaban J connectivity index is 3.35. The SMILES string of the molecule is O=[N+]([O-])CC(O[N+](=O)[O-])c1ccc([N+](=O)[O-])cc1[N+](=O)[O-]. The van der Waals surface area contributed by atoms with E-state index < -0.39 is 49.4 Å². The van der Waals surface area contributed by atoms with Crippen LogP contribution >= 0.6 is 0 Å². The fourth-order valence-electron chi connectivity index (χ4n) is 1.50. The van der Waals surface area contributed by atoms with Crippen molar-refractivity contribution in [2.45, 2.75) is 6.10 Å². The van der Waals surface area contributed by atoms with Crippen LogP contribution in [0.1, 0.15) is 11.7 Å². The maximum absolute atomic E-state index is 10.9. The van der Waals surface area contributed by atoms with E-state index in [2.05, 4.69) is 4.84 Å². The molecule has 0 amide bonds. The summed E-state index contributed by atoms with van der Waals surface area (Å²) in [7, 11) is 0. The number of nitro groups is 3. The largest absolute Gasteiger partial charge is 0.299 e. The van der Waals surface area contributed by atoms with Crippen LogP contribution in [0, 0.1) is 40.5 Å². The standard InChI is InChI=1S/C8H6N4O9/c13-9(14)4-8(21-12(19)20)6-2-1-5(10(15)16)3-7(6)11(17)18/h1-3,8H,4H2. The molecule has 0 radical (unpaired) electrons. The molecule has 0 bridgehead atoms. The zero-order valence-corrected chi connectivity index (χ0v) is 9.98. The van der Waals surface area contributed by atoms with Crippen LogP contribution < -0.4 is 0 Å². The molecular weight excluding hydrogens is 296 g/mol. The number of non-ortho nitro benzene ring substituents is 1. The van der Waals surface area contributed by atoms with E-state index in [1.165, 1.54) is 0 Å². The molecule has 0 aliphatic carbocycles. The van der Waals surface area contributed by atoms with Crippen LogP contribution in [0.15, 0.2) is 18.2 Å². The van der Waals surface area contributed by atoms with Gasteiger partial charge in [0.25, 0.3) is 16.5 Å². The number of hydrogen-bond acceptors (Lipinski definition) is 9. The molecule has 1 aromatic carbocycles. The van der Waals surface area contributed by atoms with Gasteiger partial charge in [-0.25, -0.2) is 0 Å². The van der Waals surface area contributed by atoms with Crippen molar-refractivity contribution in [2.75, 3.05) is 6.54 Å². The van der Waals surface area contributed by atoms with E-state index in [1.54, 1.807) is 0 Å². The molecule has 112 valence electrons. The summed E-state index contributed by atoms with van der Waals surface area (Å²) < 4.78 is 0. The Hall–Kier alpha value is -3.38. The fraction of sp³-hybridized carbons (Fsp3) is 0.250. The van der Waals surface area contributed by atoms with Gasteiger partial charge in [0.05, 0.1) is 21.5 Å². The monoisotopic (exact) mass is 302 g/mol. The molecule has 21 heavy (non-hydrogen) atoms. The minimum atomic E-state index is -1.85. The minimum absolute atomic E-state index is 0.501. The molecule has 1 aromatic rings. The predicted octanol–water partition coefficient (Wildman–Crippen LogP) is 1.03. The first-order valence-electron chi connectivity index (χ1n) is 5.08. The second-order valence-electron chi connectivity index (χ2n) is 3.59. The van der Waals surface area contributed by atoms with Crippen LogP contribution in [0.3, 0.4) is 0 Å². The summed E-state index contributed by atoms with van der Waals surface area (Å²) >= 11 is 0. The lowest BCUT2D eigenvalue weighted by molar-refractivity contribution is -0.777. The first-order chi connectivity index (χ1) is 9.72. The van der Waals surface area contributed by atoms with Crippen LogP contribution in [-0.2, 0) is 4.84 Å². The van der Waals surface area contributed by atoms with Gasteiger partial charge >= 0.3 is 0 Å². The molecule has 0 fully saturated rings. The van der Waals surface area contributed by atoms with Crippen molar-refractivity contribution in [3.63, 3.8) is 0 Å². The third-order valence-electron chi connectivity index (χ3n) is 2.30. The molecule has 13 heteroatoms. The summed E-state index contributed by atoms with van der Waals surface area (Å²) in [5, 5.41) is 40.8. The number of nitrogens with zero attached hydrogens (tertiary/aromatic N) is 4. The lowest BCUT2D eigenvalue weighted by Crippen LogP contribution is -2.19. The molecule has 0 N–H and O–H groups in total. The first kappa shape index (κ1) is 15.7. The fourth-order valence-corrected chi connectivity index (χ4v) is 1.50. The molecule has 13 nitrogen and oxygen atoms in total. The number of hydrogen-bond donors (Lipinski definition) is 0. The molecular formula is C8H6N4O9. The Kier molecular flexibility index (Phi) is 4.61. The average molecular weight is 302 g/mol. The van der Waals surface area contributed by atoms with Gasteiger partial charge in [0.15, 0.2) is 0 Å². The van der Waals surface area contributed by atoms with Gasteiger partial charge in [-0.2, -0.15) is 0 Å². The highest BCUT2D eigenvalue weighted by Gasteiger charge is 2.31. The summed E-state index contributed by atoms with van der Waals surface area (Å²) in [6.07, 6.45) is -1.85. The van der Waals surface area contributed by atoms with E-state index in [4.69, 9.17) is 0 Å². The summed E-state index contributed by atoms with van der Waals surface area (Å²) in [5.41, 5.74) is -2.01. The van der Waals surface area contributed by atoms with Gasteiger partial charge in [-0.15, -0.1) is 10.1 Å². The summed E-state index contributed by atoms with van der Waals surface area (Å²) in [6, 6.07) is 2.19. The number of nitro benzene ring substituents is 2. The van der Waals surface area contributed by atoms with Crippen LogP contribution in [0.25, 0.3) is 0 Å². The Morgan fingerprint density at radius 2 is 1.62 bits per heavy atom. The predicted molar refractivity (Wildman–Crippen MR) is 62.4 cm³/mol. The van der Waals surface area contributed by atoms with Crippen LogP contribution in [0.4, 0.5) is 11.4 Å². The van der Waals surface area contributed by atoms with E-state index in [0.717, 1.165) is 12.1 Å². The van der Waals surface area contributed by atoms with Crippen molar-refractivity contribution in [3.05, 3.63) is 64.2 Å². The van der Waals surface area contributed by atoms with Crippen molar-refractivity contribution in [1.82, 2.24) is 0 Å². The molecule has 1 rings (SSSR count). The summed E-state index contributed by atoms with van der Waals surface area (Å²) in [5.74, 6) is 0. The van der Waals surface area contributed by atoms with Gasteiger partial charge in [-0.3, -0.25) is 35.2 Å². The maximum Gasteiger partial charge on any atom is 0.295 e. The third kappa shape index (κ3) is 4.05.